The molecular formula is C14H24N4O. The molecule has 1 aromatic heterocycles. The molecule has 1 aliphatic heterocycles. The van der Waals surface area contributed by atoms with Gasteiger partial charge in [-0.1, -0.05) is 13.8 Å². The van der Waals surface area contributed by atoms with E-state index >= 15 is 0 Å². The van der Waals surface area contributed by atoms with Gasteiger partial charge in [0.1, 0.15) is 0 Å². The van der Waals surface area contributed by atoms with Gasteiger partial charge < -0.3 is 10.6 Å². The standard InChI is InChI=1S/C14H24N4O/c1-10-8-17(9-11(10)2)14(19)13-7-16-18(12(13)3)6-4-5-15/h7,10-11H,4-6,8-9,15H2,1-3H3. The molecule has 0 saturated carbocycles. The number of aromatic nitrogens is 2. The fraction of sp³-hybridized carbons (Fsp3) is 0.714. The molecule has 1 amide bonds. The van der Waals surface area contributed by atoms with Crippen LogP contribution in [0.5, 0.6) is 0 Å². The first-order valence-electron chi connectivity index (χ1n) is 7.06. The minimum absolute atomic E-state index is 0.118. The van der Waals surface area contributed by atoms with Gasteiger partial charge in [0.05, 0.1) is 11.8 Å². The summed E-state index contributed by atoms with van der Waals surface area (Å²) in [7, 11) is 0. The lowest BCUT2D eigenvalue weighted by Crippen LogP contribution is -2.29. The SMILES string of the molecule is Cc1c(C(=O)N2CC(C)C(C)C2)cnn1CCCN. The van der Waals surface area contributed by atoms with Crippen molar-refractivity contribution in [1.82, 2.24) is 14.7 Å². The summed E-state index contributed by atoms with van der Waals surface area (Å²) in [4.78, 5) is 14.4. The van der Waals surface area contributed by atoms with Crippen molar-refractivity contribution in [2.24, 2.45) is 17.6 Å². The van der Waals surface area contributed by atoms with Crippen LogP contribution in [0.4, 0.5) is 0 Å². The van der Waals surface area contributed by atoms with E-state index in [2.05, 4.69) is 18.9 Å². The molecule has 2 heterocycles. The quantitative estimate of drug-likeness (QED) is 0.890. The molecule has 0 aromatic carbocycles. The van der Waals surface area contributed by atoms with Crippen LogP contribution in [-0.4, -0.2) is 40.2 Å². The zero-order valence-electron chi connectivity index (χ0n) is 12.1. The molecule has 1 aromatic rings. The van der Waals surface area contributed by atoms with Crippen molar-refractivity contribution >= 4 is 5.91 Å². The second kappa shape index (κ2) is 5.74. The third-order valence-corrected chi connectivity index (χ3v) is 4.18. The molecule has 2 unspecified atom stereocenters. The third-order valence-electron chi connectivity index (χ3n) is 4.18. The van der Waals surface area contributed by atoms with Crippen LogP contribution in [-0.2, 0) is 6.54 Å². The fourth-order valence-electron chi connectivity index (χ4n) is 2.59. The van der Waals surface area contributed by atoms with E-state index in [1.807, 2.05) is 16.5 Å². The van der Waals surface area contributed by atoms with Crippen LogP contribution in [0.15, 0.2) is 6.20 Å². The average molecular weight is 264 g/mol. The lowest BCUT2D eigenvalue weighted by atomic mass is 10.0. The minimum Gasteiger partial charge on any atom is -0.338 e. The molecule has 1 saturated heterocycles. The molecule has 2 rings (SSSR count). The predicted octanol–water partition coefficient (Wildman–Crippen LogP) is 1.27. The molecule has 1 fully saturated rings. The lowest BCUT2D eigenvalue weighted by molar-refractivity contribution is 0.0784. The average Bonchev–Trinajstić information content (AvgIpc) is 2.91. The second-order valence-corrected chi connectivity index (χ2v) is 5.67. The molecule has 0 aliphatic carbocycles. The first kappa shape index (κ1) is 14.1. The Labute approximate surface area is 114 Å². The van der Waals surface area contributed by atoms with Gasteiger partial charge in [-0.3, -0.25) is 9.48 Å². The van der Waals surface area contributed by atoms with E-state index in [0.717, 1.165) is 37.3 Å². The topological polar surface area (TPSA) is 64.2 Å². The maximum Gasteiger partial charge on any atom is 0.257 e. The number of nitrogens with two attached hydrogens (primary N) is 1. The highest BCUT2D eigenvalue weighted by Crippen LogP contribution is 2.24. The fourth-order valence-corrected chi connectivity index (χ4v) is 2.59. The predicted molar refractivity (Wildman–Crippen MR) is 74.9 cm³/mol. The summed E-state index contributed by atoms with van der Waals surface area (Å²) in [5.41, 5.74) is 7.19. The number of hydrogen-bond acceptors (Lipinski definition) is 3. The summed E-state index contributed by atoms with van der Waals surface area (Å²) in [5, 5.41) is 4.30. The van der Waals surface area contributed by atoms with Crippen molar-refractivity contribution in [2.75, 3.05) is 19.6 Å². The van der Waals surface area contributed by atoms with Gasteiger partial charge in [0.25, 0.3) is 5.91 Å². The molecular weight excluding hydrogens is 240 g/mol. The Bertz CT molecular complexity index is 444. The monoisotopic (exact) mass is 264 g/mol. The molecule has 19 heavy (non-hydrogen) atoms. The molecule has 0 bridgehead atoms. The number of likely N-dealkylation sites (tertiary alicyclic amines) is 1. The second-order valence-electron chi connectivity index (χ2n) is 5.67. The molecule has 1 aliphatic rings. The van der Waals surface area contributed by atoms with Crippen molar-refractivity contribution in [3.05, 3.63) is 17.5 Å². The molecule has 5 nitrogen and oxygen atoms in total. The number of nitrogens with zero attached hydrogens (tertiary/aromatic N) is 3. The number of rotatable bonds is 4. The largest absolute Gasteiger partial charge is 0.338 e. The Morgan fingerprint density at radius 3 is 2.63 bits per heavy atom. The Hall–Kier alpha value is -1.36. The van der Waals surface area contributed by atoms with Gasteiger partial charge >= 0.3 is 0 Å². The smallest absolute Gasteiger partial charge is 0.257 e. The number of carbonyl (C=O) groups excluding carboxylic acids is 1. The van der Waals surface area contributed by atoms with Gasteiger partial charge in [0.2, 0.25) is 0 Å². The van der Waals surface area contributed by atoms with Gasteiger partial charge in [-0.15, -0.1) is 0 Å². The first-order chi connectivity index (χ1) is 9.04. The number of amides is 1. The van der Waals surface area contributed by atoms with E-state index in [9.17, 15) is 4.79 Å². The van der Waals surface area contributed by atoms with Crippen molar-refractivity contribution in [1.29, 1.82) is 0 Å². The van der Waals surface area contributed by atoms with Crippen molar-refractivity contribution in [2.45, 2.75) is 33.7 Å². The van der Waals surface area contributed by atoms with Crippen LogP contribution in [0.25, 0.3) is 0 Å². The van der Waals surface area contributed by atoms with E-state index in [1.54, 1.807) is 6.20 Å². The third kappa shape index (κ3) is 2.81. The van der Waals surface area contributed by atoms with E-state index in [4.69, 9.17) is 5.73 Å². The maximum atomic E-state index is 12.5. The van der Waals surface area contributed by atoms with Crippen LogP contribution in [0.1, 0.15) is 36.3 Å². The number of hydrogen-bond donors (Lipinski definition) is 1. The summed E-state index contributed by atoms with van der Waals surface area (Å²) in [6.07, 6.45) is 2.58. The van der Waals surface area contributed by atoms with Gasteiger partial charge in [-0.05, 0) is 31.7 Å². The van der Waals surface area contributed by atoms with E-state index < -0.39 is 0 Å². The maximum absolute atomic E-state index is 12.5. The van der Waals surface area contributed by atoms with Crippen LogP contribution < -0.4 is 5.73 Å². The summed E-state index contributed by atoms with van der Waals surface area (Å²) in [6, 6.07) is 0. The minimum atomic E-state index is 0.118. The zero-order chi connectivity index (χ0) is 14.0. The van der Waals surface area contributed by atoms with Crippen LogP contribution >= 0.6 is 0 Å². The van der Waals surface area contributed by atoms with E-state index in [-0.39, 0.29) is 5.91 Å². The summed E-state index contributed by atoms with van der Waals surface area (Å²) in [5.74, 6) is 1.28. The lowest BCUT2D eigenvalue weighted by Gasteiger charge is -2.15. The first-order valence-corrected chi connectivity index (χ1v) is 7.06. The van der Waals surface area contributed by atoms with Gasteiger partial charge in [-0.2, -0.15) is 5.10 Å². The summed E-state index contributed by atoms with van der Waals surface area (Å²) in [6.45, 7) is 9.50. The molecule has 106 valence electrons. The van der Waals surface area contributed by atoms with Crippen LogP contribution in [0.3, 0.4) is 0 Å². The highest BCUT2D eigenvalue weighted by atomic mass is 16.2. The van der Waals surface area contributed by atoms with Gasteiger partial charge in [-0.25, -0.2) is 0 Å². The number of carbonyl (C=O) groups is 1. The molecule has 0 spiro atoms. The van der Waals surface area contributed by atoms with Gasteiger partial charge in [0, 0.05) is 25.3 Å². The van der Waals surface area contributed by atoms with E-state index in [1.165, 1.54) is 0 Å². The van der Waals surface area contributed by atoms with Crippen LogP contribution in [0.2, 0.25) is 0 Å². The molecule has 5 heteroatoms. The highest BCUT2D eigenvalue weighted by molar-refractivity contribution is 5.95. The Balaban J connectivity index is 2.10. The van der Waals surface area contributed by atoms with Crippen molar-refractivity contribution < 1.29 is 4.79 Å². The Kier molecular flexibility index (Phi) is 4.24. The Morgan fingerprint density at radius 2 is 2.05 bits per heavy atom. The van der Waals surface area contributed by atoms with Gasteiger partial charge in [0.15, 0.2) is 0 Å². The summed E-state index contributed by atoms with van der Waals surface area (Å²) < 4.78 is 1.88. The van der Waals surface area contributed by atoms with Crippen molar-refractivity contribution in [3.8, 4) is 0 Å². The zero-order valence-corrected chi connectivity index (χ0v) is 12.1. The van der Waals surface area contributed by atoms with E-state index in [0.29, 0.717) is 18.4 Å². The normalized spacial score (nSPS) is 23.1. The van der Waals surface area contributed by atoms with Crippen molar-refractivity contribution in [3.63, 3.8) is 0 Å². The molecule has 2 N–H and O–H groups in total. The number of aryl methyl sites for hydroxylation is 1. The van der Waals surface area contributed by atoms with Crippen LogP contribution in [0, 0.1) is 18.8 Å². The molecule has 0 radical (unpaired) electrons. The molecule has 2 atom stereocenters. The Morgan fingerprint density at radius 1 is 1.42 bits per heavy atom. The highest BCUT2D eigenvalue weighted by Gasteiger charge is 2.31. The summed E-state index contributed by atoms with van der Waals surface area (Å²) >= 11 is 0.